The number of fused-ring (bicyclic) bond motifs is 1. The lowest BCUT2D eigenvalue weighted by molar-refractivity contribution is 0.245. The highest BCUT2D eigenvalue weighted by molar-refractivity contribution is 7.99. The molecule has 0 aliphatic rings. The Bertz CT molecular complexity index is 868. The smallest absolute Gasteiger partial charge is 0.160 e. The molecular weight excluding hydrogens is 318 g/mol. The molecule has 2 heterocycles. The van der Waals surface area contributed by atoms with E-state index in [4.69, 9.17) is 0 Å². The Kier molecular flexibility index (Phi) is 5.02. The fourth-order valence-electron chi connectivity index (χ4n) is 2.42. The van der Waals surface area contributed by atoms with E-state index in [1.165, 1.54) is 0 Å². The molecule has 4 nitrogen and oxygen atoms in total. The number of pyridine rings is 1. The molecule has 1 aromatic carbocycles. The molecule has 1 atom stereocenters. The number of aliphatic hydroxyl groups is 1. The summed E-state index contributed by atoms with van der Waals surface area (Å²) < 4.78 is 2.06. The third-order valence-electron chi connectivity index (χ3n) is 3.62. The minimum atomic E-state index is -0.454. The van der Waals surface area contributed by atoms with Crippen LogP contribution >= 0.6 is 11.8 Å². The van der Waals surface area contributed by atoms with Gasteiger partial charge in [-0.3, -0.25) is 4.40 Å². The quantitative estimate of drug-likeness (QED) is 0.748. The maximum atomic E-state index is 9.46. The second kappa shape index (κ2) is 7.20. The summed E-state index contributed by atoms with van der Waals surface area (Å²) in [4.78, 5) is 2.27. The van der Waals surface area contributed by atoms with Crippen molar-refractivity contribution in [3.8, 4) is 0 Å². The molecule has 0 amide bonds. The third kappa shape index (κ3) is 3.68. The van der Waals surface area contributed by atoms with Crippen LogP contribution in [0, 0.1) is 0 Å². The first-order valence-electron chi connectivity index (χ1n) is 8.02. The minimum Gasteiger partial charge on any atom is -0.389 e. The summed E-state index contributed by atoms with van der Waals surface area (Å²) in [5, 5.41) is 18.0. The van der Waals surface area contributed by atoms with E-state index in [9.17, 15) is 5.11 Å². The fraction of sp³-hybridized carbons (Fsp3) is 0.263. The van der Waals surface area contributed by atoms with Gasteiger partial charge >= 0.3 is 0 Å². The van der Waals surface area contributed by atoms with E-state index in [0.717, 1.165) is 26.8 Å². The topological polar surface area (TPSA) is 50.4 Å². The van der Waals surface area contributed by atoms with Crippen molar-refractivity contribution in [1.82, 2.24) is 14.6 Å². The number of benzene rings is 1. The van der Waals surface area contributed by atoms with Gasteiger partial charge in [-0.25, -0.2) is 0 Å². The number of nitrogens with zero attached hydrogens (tertiary/aromatic N) is 3. The van der Waals surface area contributed by atoms with Gasteiger partial charge in [0.05, 0.1) is 6.10 Å². The first kappa shape index (κ1) is 16.7. The summed E-state index contributed by atoms with van der Waals surface area (Å²) in [5.74, 6) is 1.29. The summed E-state index contributed by atoms with van der Waals surface area (Å²) in [6, 6.07) is 12.2. The highest BCUT2D eigenvalue weighted by Crippen LogP contribution is 2.31. The molecule has 5 heteroatoms. The second-order valence-corrected chi connectivity index (χ2v) is 7.16. The molecule has 0 saturated carbocycles. The van der Waals surface area contributed by atoms with Crippen LogP contribution < -0.4 is 0 Å². The molecule has 0 aliphatic carbocycles. The highest BCUT2D eigenvalue weighted by Gasteiger charge is 2.10. The number of hydrogen-bond acceptors (Lipinski definition) is 4. The summed E-state index contributed by atoms with van der Waals surface area (Å²) >= 11 is 1.70. The maximum Gasteiger partial charge on any atom is 0.160 e. The molecule has 0 bridgehead atoms. The highest BCUT2D eigenvalue weighted by atomic mass is 32.2. The van der Waals surface area contributed by atoms with Crippen LogP contribution in [0.15, 0.2) is 58.5 Å². The van der Waals surface area contributed by atoms with Crippen molar-refractivity contribution >= 4 is 23.5 Å². The molecule has 124 valence electrons. The van der Waals surface area contributed by atoms with Gasteiger partial charge in [0.2, 0.25) is 0 Å². The Morgan fingerprint density at radius 1 is 1.08 bits per heavy atom. The molecule has 0 spiro atoms. The van der Waals surface area contributed by atoms with Crippen molar-refractivity contribution in [2.24, 2.45) is 0 Å². The minimum absolute atomic E-state index is 0.321. The average molecular weight is 339 g/mol. The van der Waals surface area contributed by atoms with Gasteiger partial charge in [0.1, 0.15) is 5.82 Å². The van der Waals surface area contributed by atoms with Crippen molar-refractivity contribution in [3.63, 3.8) is 0 Å². The molecule has 24 heavy (non-hydrogen) atoms. The first-order valence-corrected chi connectivity index (χ1v) is 8.84. The van der Waals surface area contributed by atoms with E-state index in [1.807, 2.05) is 24.3 Å². The van der Waals surface area contributed by atoms with E-state index >= 15 is 0 Å². The Hall–Kier alpha value is -2.11. The third-order valence-corrected chi connectivity index (χ3v) is 4.69. The van der Waals surface area contributed by atoms with E-state index in [-0.39, 0.29) is 0 Å². The molecule has 0 saturated heterocycles. The Morgan fingerprint density at radius 3 is 2.62 bits per heavy atom. The van der Waals surface area contributed by atoms with Crippen LogP contribution in [0.1, 0.15) is 38.1 Å². The van der Waals surface area contributed by atoms with E-state index in [2.05, 4.69) is 52.8 Å². The zero-order chi connectivity index (χ0) is 17.1. The van der Waals surface area contributed by atoms with Gasteiger partial charge in [-0.05, 0) is 30.7 Å². The van der Waals surface area contributed by atoms with Crippen LogP contribution in [-0.2, 0) is 0 Å². The van der Waals surface area contributed by atoms with E-state index < -0.39 is 6.10 Å². The van der Waals surface area contributed by atoms with Gasteiger partial charge < -0.3 is 5.11 Å². The van der Waals surface area contributed by atoms with Crippen molar-refractivity contribution < 1.29 is 5.11 Å². The lowest BCUT2D eigenvalue weighted by Gasteiger charge is -2.08. The molecule has 1 N–H and O–H groups in total. The fourth-order valence-corrected chi connectivity index (χ4v) is 3.37. The molecule has 0 aliphatic heterocycles. The van der Waals surface area contributed by atoms with Gasteiger partial charge in [0.25, 0.3) is 0 Å². The molecular formula is C19H21N3OS. The van der Waals surface area contributed by atoms with Gasteiger partial charge in [0.15, 0.2) is 5.65 Å². The number of aliphatic hydroxyl groups excluding tert-OH is 1. The monoisotopic (exact) mass is 339 g/mol. The lowest BCUT2D eigenvalue weighted by Crippen LogP contribution is -1.97. The van der Waals surface area contributed by atoms with Gasteiger partial charge in [-0.2, -0.15) is 0 Å². The summed E-state index contributed by atoms with van der Waals surface area (Å²) in [6.07, 6.45) is 5.39. The number of aromatic nitrogens is 3. The molecule has 3 rings (SSSR count). The average Bonchev–Trinajstić information content (AvgIpc) is 2.97. The predicted molar refractivity (Wildman–Crippen MR) is 98.4 cm³/mol. The van der Waals surface area contributed by atoms with Crippen LogP contribution in [0.3, 0.4) is 0 Å². The van der Waals surface area contributed by atoms with Crippen LogP contribution in [0.5, 0.6) is 0 Å². The van der Waals surface area contributed by atoms with Gasteiger partial charge in [-0.15, -0.1) is 10.2 Å². The van der Waals surface area contributed by atoms with Crippen LogP contribution in [-0.4, -0.2) is 25.8 Å². The molecule has 2 aromatic heterocycles. The predicted octanol–water partition coefficient (Wildman–Crippen LogP) is 4.40. The standard InChI is InChI=1S/C19H21N3OS/c1-13(2)19-21-20-18-11-10-16(12-22(18)19)24-17-7-5-4-6-15(17)9-8-14(3)23/h4-14,23H,1-3H3. The summed E-state index contributed by atoms with van der Waals surface area (Å²) in [6.45, 7) is 5.98. The number of rotatable bonds is 5. The summed E-state index contributed by atoms with van der Waals surface area (Å²) in [7, 11) is 0. The van der Waals surface area contributed by atoms with Crippen molar-refractivity contribution in [1.29, 1.82) is 0 Å². The van der Waals surface area contributed by atoms with Crippen LogP contribution in [0.2, 0.25) is 0 Å². The zero-order valence-corrected chi connectivity index (χ0v) is 14.9. The SMILES string of the molecule is CC(O)C=Cc1ccccc1Sc1ccc2nnc(C(C)C)n2c1. The Labute approximate surface area is 146 Å². The number of hydrogen-bond donors (Lipinski definition) is 1. The normalized spacial score (nSPS) is 13.2. The van der Waals surface area contributed by atoms with E-state index in [0.29, 0.717) is 5.92 Å². The maximum absolute atomic E-state index is 9.46. The van der Waals surface area contributed by atoms with Crippen molar-refractivity contribution in [2.75, 3.05) is 0 Å². The van der Waals surface area contributed by atoms with Gasteiger partial charge in [-0.1, -0.05) is 56.0 Å². The lowest BCUT2D eigenvalue weighted by atomic mass is 10.2. The van der Waals surface area contributed by atoms with Crippen molar-refractivity contribution in [2.45, 2.75) is 42.6 Å². The largest absolute Gasteiger partial charge is 0.389 e. The second-order valence-electron chi connectivity index (χ2n) is 6.05. The van der Waals surface area contributed by atoms with Crippen LogP contribution in [0.4, 0.5) is 0 Å². The van der Waals surface area contributed by atoms with Gasteiger partial charge in [0, 0.05) is 21.9 Å². The zero-order valence-electron chi connectivity index (χ0n) is 14.0. The van der Waals surface area contributed by atoms with Crippen LogP contribution in [0.25, 0.3) is 11.7 Å². The molecule has 1 unspecified atom stereocenters. The molecule has 3 aromatic rings. The first-order chi connectivity index (χ1) is 11.5. The molecule has 0 fully saturated rings. The molecule has 0 radical (unpaired) electrons. The van der Waals surface area contributed by atoms with Crippen molar-refractivity contribution in [3.05, 3.63) is 60.1 Å². The Balaban J connectivity index is 1.94. The summed E-state index contributed by atoms with van der Waals surface area (Å²) in [5.41, 5.74) is 1.96. The van der Waals surface area contributed by atoms with E-state index in [1.54, 1.807) is 24.8 Å². The Morgan fingerprint density at radius 2 is 1.88 bits per heavy atom.